The molecular weight excluding hydrogens is 331 g/mol. The Labute approximate surface area is 146 Å². The minimum atomic E-state index is 0.463. The number of hydrogen-bond acceptors (Lipinski definition) is 2. The minimum Gasteiger partial charge on any atom is -0.493 e. The number of H-pyrrole nitrogens is 1. The van der Waals surface area contributed by atoms with Crippen molar-refractivity contribution in [1.29, 1.82) is 0 Å². The van der Waals surface area contributed by atoms with E-state index in [0.717, 1.165) is 35.5 Å². The van der Waals surface area contributed by atoms with Crippen molar-refractivity contribution >= 4 is 34.1 Å². The predicted molar refractivity (Wildman–Crippen MR) is 95.6 cm³/mol. The van der Waals surface area contributed by atoms with Gasteiger partial charge < -0.3 is 15.0 Å². The van der Waals surface area contributed by atoms with Crippen molar-refractivity contribution in [3.8, 4) is 5.75 Å². The molecule has 2 atom stereocenters. The number of hydrogen-bond donors (Lipinski definition) is 2. The molecule has 2 heterocycles. The summed E-state index contributed by atoms with van der Waals surface area (Å²) in [6.07, 6.45) is 9.04. The van der Waals surface area contributed by atoms with Crippen LogP contribution in [0.5, 0.6) is 5.75 Å². The zero-order valence-electron chi connectivity index (χ0n) is 12.9. The van der Waals surface area contributed by atoms with Crippen molar-refractivity contribution < 1.29 is 4.74 Å². The summed E-state index contributed by atoms with van der Waals surface area (Å²) >= 11 is 12.4. The van der Waals surface area contributed by atoms with Crippen molar-refractivity contribution in [2.45, 2.75) is 31.7 Å². The molecule has 1 aliphatic carbocycles. The van der Waals surface area contributed by atoms with Crippen LogP contribution in [0, 0.1) is 5.92 Å². The molecule has 5 heteroatoms. The molecule has 1 aliphatic heterocycles. The molecule has 1 saturated heterocycles. The van der Waals surface area contributed by atoms with Crippen LogP contribution in [-0.2, 0) is 0 Å². The summed E-state index contributed by atoms with van der Waals surface area (Å²) in [7, 11) is 0. The Morgan fingerprint density at radius 3 is 3.04 bits per heavy atom. The Balaban J connectivity index is 1.45. The first-order valence-electron chi connectivity index (χ1n) is 8.25. The molecule has 2 unspecified atom stereocenters. The molecule has 2 aliphatic rings. The first kappa shape index (κ1) is 15.4. The summed E-state index contributed by atoms with van der Waals surface area (Å²) in [4.78, 5) is 3.10. The average molecular weight is 351 g/mol. The monoisotopic (exact) mass is 350 g/mol. The topological polar surface area (TPSA) is 37.0 Å². The highest BCUT2D eigenvalue weighted by Crippen LogP contribution is 2.37. The molecule has 0 amide bonds. The zero-order valence-corrected chi connectivity index (χ0v) is 14.4. The van der Waals surface area contributed by atoms with E-state index in [1.165, 1.54) is 19.3 Å². The quantitative estimate of drug-likeness (QED) is 0.766. The third-order valence-electron chi connectivity index (χ3n) is 4.98. The van der Waals surface area contributed by atoms with Crippen molar-refractivity contribution in [3.63, 3.8) is 0 Å². The molecule has 23 heavy (non-hydrogen) atoms. The van der Waals surface area contributed by atoms with Crippen molar-refractivity contribution in [2.75, 3.05) is 13.2 Å². The van der Waals surface area contributed by atoms with Gasteiger partial charge in [0.1, 0.15) is 5.75 Å². The molecule has 0 spiro atoms. The lowest BCUT2D eigenvalue weighted by molar-refractivity contribution is 0.302. The van der Waals surface area contributed by atoms with Crippen LogP contribution in [0.15, 0.2) is 30.0 Å². The molecule has 2 aromatic rings. The second-order valence-corrected chi connectivity index (χ2v) is 7.18. The van der Waals surface area contributed by atoms with Crippen LogP contribution in [-0.4, -0.2) is 24.2 Å². The fourth-order valence-electron chi connectivity index (χ4n) is 3.84. The second-order valence-electron chi connectivity index (χ2n) is 6.36. The van der Waals surface area contributed by atoms with Gasteiger partial charge in [0, 0.05) is 25.2 Å². The summed E-state index contributed by atoms with van der Waals surface area (Å²) in [5.41, 5.74) is 2.43. The SMILES string of the molecule is Clc1ccc(OCCC2NCC3CCCC=C32)c2c(Cl)c[nH]c12. The van der Waals surface area contributed by atoms with Gasteiger partial charge in [0.25, 0.3) is 0 Å². The van der Waals surface area contributed by atoms with Crippen LogP contribution in [0.1, 0.15) is 25.7 Å². The second kappa shape index (κ2) is 6.39. The fraction of sp³-hybridized carbons (Fsp3) is 0.444. The van der Waals surface area contributed by atoms with Gasteiger partial charge in [-0.15, -0.1) is 0 Å². The van der Waals surface area contributed by atoms with E-state index < -0.39 is 0 Å². The normalized spacial score (nSPS) is 23.8. The van der Waals surface area contributed by atoms with Gasteiger partial charge in [-0.3, -0.25) is 0 Å². The Hall–Kier alpha value is -1.16. The number of nitrogens with one attached hydrogen (secondary N) is 2. The van der Waals surface area contributed by atoms with E-state index in [0.29, 0.717) is 22.7 Å². The standard InChI is InChI=1S/C18H20Cl2N2O/c19-13-5-6-16(17-14(20)10-22-18(13)17)23-8-7-15-12-4-2-1-3-11(12)9-21-15/h4-6,10-11,15,21-22H,1-3,7-9H2. The lowest BCUT2D eigenvalue weighted by Gasteiger charge is -2.20. The van der Waals surface area contributed by atoms with E-state index in [4.69, 9.17) is 27.9 Å². The molecule has 122 valence electrons. The van der Waals surface area contributed by atoms with Crippen LogP contribution < -0.4 is 10.1 Å². The maximum atomic E-state index is 6.26. The van der Waals surface area contributed by atoms with Crippen LogP contribution in [0.4, 0.5) is 0 Å². The lowest BCUT2D eigenvalue weighted by Crippen LogP contribution is -2.25. The van der Waals surface area contributed by atoms with Crippen LogP contribution in [0.25, 0.3) is 10.9 Å². The summed E-state index contributed by atoms with van der Waals surface area (Å²) in [6.45, 7) is 1.78. The van der Waals surface area contributed by atoms with Gasteiger partial charge in [0.05, 0.1) is 27.6 Å². The first-order valence-corrected chi connectivity index (χ1v) is 9.01. The van der Waals surface area contributed by atoms with Crippen LogP contribution in [0.3, 0.4) is 0 Å². The Morgan fingerprint density at radius 1 is 1.22 bits per heavy atom. The molecule has 1 aromatic heterocycles. The summed E-state index contributed by atoms with van der Waals surface area (Å²) in [5, 5.41) is 5.81. The van der Waals surface area contributed by atoms with Gasteiger partial charge in [0.2, 0.25) is 0 Å². The highest BCUT2D eigenvalue weighted by Gasteiger charge is 2.30. The molecule has 0 radical (unpaired) electrons. The highest BCUT2D eigenvalue weighted by molar-refractivity contribution is 6.40. The number of aromatic nitrogens is 1. The van der Waals surface area contributed by atoms with Gasteiger partial charge in [0.15, 0.2) is 0 Å². The van der Waals surface area contributed by atoms with E-state index in [-0.39, 0.29) is 0 Å². The van der Waals surface area contributed by atoms with E-state index in [1.54, 1.807) is 11.8 Å². The van der Waals surface area contributed by atoms with Gasteiger partial charge in [-0.1, -0.05) is 34.9 Å². The maximum absolute atomic E-state index is 6.26. The van der Waals surface area contributed by atoms with E-state index in [1.807, 2.05) is 12.1 Å². The largest absolute Gasteiger partial charge is 0.493 e. The minimum absolute atomic E-state index is 0.463. The summed E-state index contributed by atoms with van der Waals surface area (Å²) < 4.78 is 6.02. The van der Waals surface area contributed by atoms with Gasteiger partial charge >= 0.3 is 0 Å². The average Bonchev–Trinajstić information content (AvgIpc) is 3.15. The summed E-state index contributed by atoms with van der Waals surface area (Å²) in [5.74, 6) is 1.54. The first-order chi connectivity index (χ1) is 11.2. The third-order valence-corrected chi connectivity index (χ3v) is 5.60. The number of benzene rings is 1. The van der Waals surface area contributed by atoms with Crippen LogP contribution >= 0.6 is 23.2 Å². The van der Waals surface area contributed by atoms with Crippen molar-refractivity contribution in [1.82, 2.24) is 10.3 Å². The highest BCUT2D eigenvalue weighted by atomic mass is 35.5. The predicted octanol–water partition coefficient (Wildman–Crippen LogP) is 4.94. The van der Waals surface area contributed by atoms with E-state index >= 15 is 0 Å². The smallest absolute Gasteiger partial charge is 0.130 e. The Bertz CT molecular complexity index is 753. The number of fused-ring (bicyclic) bond motifs is 2. The zero-order chi connectivity index (χ0) is 15.8. The summed E-state index contributed by atoms with van der Waals surface area (Å²) in [6, 6.07) is 4.21. The van der Waals surface area contributed by atoms with Gasteiger partial charge in [-0.2, -0.15) is 0 Å². The molecule has 1 aromatic carbocycles. The van der Waals surface area contributed by atoms with E-state index in [9.17, 15) is 0 Å². The molecule has 3 nitrogen and oxygen atoms in total. The number of rotatable bonds is 4. The Kier molecular flexibility index (Phi) is 4.27. The molecule has 2 N–H and O–H groups in total. The van der Waals surface area contributed by atoms with Crippen molar-refractivity contribution in [3.05, 3.63) is 40.0 Å². The molecule has 4 rings (SSSR count). The van der Waals surface area contributed by atoms with Gasteiger partial charge in [-0.25, -0.2) is 0 Å². The van der Waals surface area contributed by atoms with Gasteiger partial charge in [-0.05, 0) is 37.3 Å². The van der Waals surface area contributed by atoms with E-state index in [2.05, 4.69) is 16.4 Å². The third kappa shape index (κ3) is 2.86. The number of aromatic amines is 1. The Morgan fingerprint density at radius 2 is 2.13 bits per heavy atom. The number of allylic oxidation sites excluding steroid dienone is 1. The molecule has 1 fully saturated rings. The number of halogens is 2. The van der Waals surface area contributed by atoms with Crippen LogP contribution in [0.2, 0.25) is 10.0 Å². The van der Waals surface area contributed by atoms with Crippen molar-refractivity contribution in [2.24, 2.45) is 5.92 Å². The molecular formula is C18H20Cl2N2O. The molecule has 0 saturated carbocycles. The molecule has 0 bridgehead atoms. The number of ether oxygens (including phenoxy) is 1. The fourth-order valence-corrected chi connectivity index (χ4v) is 4.29. The maximum Gasteiger partial charge on any atom is 0.130 e. The lowest BCUT2D eigenvalue weighted by atomic mass is 9.86.